The summed E-state index contributed by atoms with van der Waals surface area (Å²) < 4.78 is 7.98. The van der Waals surface area contributed by atoms with Crippen molar-refractivity contribution in [3.63, 3.8) is 0 Å². The SMILES string of the molecule is O=C(OCc1ccccc1)N1CC[C@@H]2[C@H]1n1ccc3cccc(c31)[C@@H]2Nc1ccc(Cl)cc1. The van der Waals surface area contributed by atoms with E-state index in [1.807, 2.05) is 59.5 Å². The summed E-state index contributed by atoms with van der Waals surface area (Å²) in [7, 11) is 0. The highest BCUT2D eigenvalue weighted by Gasteiger charge is 2.47. The van der Waals surface area contributed by atoms with Gasteiger partial charge in [-0.1, -0.05) is 60.1 Å². The van der Waals surface area contributed by atoms with E-state index >= 15 is 0 Å². The van der Waals surface area contributed by atoms with Crippen LogP contribution in [-0.2, 0) is 11.3 Å². The number of hydrogen-bond acceptors (Lipinski definition) is 3. The number of aromatic nitrogens is 1. The molecular formula is C27H24ClN3O2. The molecular weight excluding hydrogens is 434 g/mol. The van der Waals surface area contributed by atoms with Gasteiger partial charge in [-0.25, -0.2) is 4.79 Å². The number of benzene rings is 3. The molecule has 1 N–H and O–H groups in total. The summed E-state index contributed by atoms with van der Waals surface area (Å²) in [4.78, 5) is 15.1. The normalized spacial score (nSPS) is 21.1. The molecule has 0 saturated carbocycles. The minimum absolute atomic E-state index is 0.0780. The van der Waals surface area contributed by atoms with Crippen LogP contribution in [0, 0.1) is 5.92 Å². The molecule has 0 radical (unpaired) electrons. The standard InChI is InChI=1S/C27H24ClN3O2/c28-20-9-11-21(12-10-20)29-24-22-8-4-7-19-13-15-30(25(19)22)26-23(24)14-16-31(26)27(32)33-17-18-5-2-1-3-6-18/h1-13,15,23-24,26,29H,14,16-17H2/t23-,24-,26-/m0/s1. The molecule has 2 aliphatic heterocycles. The van der Waals surface area contributed by atoms with Gasteiger partial charge in [-0.05, 0) is 53.3 Å². The van der Waals surface area contributed by atoms with Crippen molar-refractivity contribution >= 4 is 34.3 Å². The molecule has 5 nitrogen and oxygen atoms in total. The maximum atomic E-state index is 13.2. The van der Waals surface area contributed by atoms with Gasteiger partial charge in [0.05, 0.1) is 11.6 Å². The predicted octanol–water partition coefficient (Wildman–Crippen LogP) is 6.62. The molecule has 166 valence electrons. The van der Waals surface area contributed by atoms with Crippen LogP contribution in [0.4, 0.5) is 10.5 Å². The quantitative estimate of drug-likeness (QED) is 0.374. The number of likely N-dealkylation sites (tertiary alicyclic amines) is 1. The van der Waals surface area contributed by atoms with E-state index in [4.69, 9.17) is 16.3 Å². The summed E-state index contributed by atoms with van der Waals surface area (Å²) in [5, 5.41) is 5.63. The molecule has 6 rings (SSSR count). The maximum Gasteiger partial charge on any atom is 0.411 e. The number of anilines is 1. The molecule has 3 atom stereocenters. The number of nitrogens with zero attached hydrogens (tertiary/aromatic N) is 2. The number of amides is 1. The third-order valence-corrected chi connectivity index (χ3v) is 7.08. The lowest BCUT2D eigenvalue weighted by atomic mass is 9.86. The van der Waals surface area contributed by atoms with Gasteiger partial charge in [-0.3, -0.25) is 4.90 Å². The molecule has 4 aromatic rings. The minimum Gasteiger partial charge on any atom is -0.444 e. The predicted molar refractivity (Wildman–Crippen MR) is 130 cm³/mol. The fourth-order valence-corrected chi connectivity index (χ4v) is 5.48. The first kappa shape index (κ1) is 20.2. The molecule has 6 heteroatoms. The minimum atomic E-state index is -0.266. The fourth-order valence-electron chi connectivity index (χ4n) is 5.36. The molecule has 0 bridgehead atoms. The van der Waals surface area contributed by atoms with Crippen molar-refractivity contribution in [1.82, 2.24) is 9.47 Å². The van der Waals surface area contributed by atoms with Crippen molar-refractivity contribution in [3.05, 3.63) is 101 Å². The van der Waals surface area contributed by atoms with Gasteiger partial charge in [0.25, 0.3) is 0 Å². The number of halogens is 1. The highest BCUT2D eigenvalue weighted by atomic mass is 35.5. The van der Waals surface area contributed by atoms with Crippen LogP contribution in [-0.4, -0.2) is 22.1 Å². The largest absolute Gasteiger partial charge is 0.444 e. The van der Waals surface area contributed by atoms with Crippen molar-refractivity contribution in [3.8, 4) is 0 Å². The Bertz CT molecular complexity index is 1300. The zero-order chi connectivity index (χ0) is 22.4. The second-order valence-corrected chi connectivity index (χ2v) is 9.17. The average Bonchev–Trinajstić information content (AvgIpc) is 3.47. The Balaban J connectivity index is 1.33. The summed E-state index contributed by atoms with van der Waals surface area (Å²) in [6.45, 7) is 0.938. The van der Waals surface area contributed by atoms with E-state index in [-0.39, 0.29) is 30.8 Å². The first-order valence-corrected chi connectivity index (χ1v) is 11.7. The van der Waals surface area contributed by atoms with E-state index in [0.29, 0.717) is 11.6 Å². The summed E-state index contributed by atoms with van der Waals surface area (Å²) in [5.74, 6) is 0.218. The highest BCUT2D eigenvalue weighted by molar-refractivity contribution is 6.30. The van der Waals surface area contributed by atoms with Crippen molar-refractivity contribution in [2.24, 2.45) is 5.92 Å². The summed E-state index contributed by atoms with van der Waals surface area (Å²) in [6.07, 6.45) is 2.64. The number of carbonyl (C=O) groups is 1. The summed E-state index contributed by atoms with van der Waals surface area (Å²) in [6, 6.07) is 26.3. The van der Waals surface area contributed by atoms with Crippen LogP contribution in [0.2, 0.25) is 5.02 Å². The molecule has 0 unspecified atom stereocenters. The highest BCUT2D eigenvalue weighted by Crippen LogP contribution is 2.49. The van der Waals surface area contributed by atoms with Gasteiger partial charge in [0.1, 0.15) is 12.8 Å². The van der Waals surface area contributed by atoms with Gasteiger partial charge in [0, 0.05) is 29.4 Å². The molecule has 3 heterocycles. The average molecular weight is 458 g/mol. The molecule has 2 aliphatic rings. The number of hydrogen-bond donors (Lipinski definition) is 1. The van der Waals surface area contributed by atoms with Gasteiger partial charge in [-0.15, -0.1) is 0 Å². The van der Waals surface area contributed by atoms with Crippen LogP contribution in [0.25, 0.3) is 10.9 Å². The second-order valence-electron chi connectivity index (χ2n) is 8.74. The topological polar surface area (TPSA) is 46.5 Å². The number of ether oxygens (including phenoxy) is 1. The van der Waals surface area contributed by atoms with Gasteiger partial charge in [0.15, 0.2) is 0 Å². The van der Waals surface area contributed by atoms with E-state index in [9.17, 15) is 4.79 Å². The van der Waals surface area contributed by atoms with Crippen molar-refractivity contribution in [1.29, 1.82) is 0 Å². The van der Waals surface area contributed by atoms with Gasteiger partial charge < -0.3 is 14.6 Å². The molecule has 3 aromatic carbocycles. The van der Waals surface area contributed by atoms with E-state index in [0.717, 1.165) is 17.7 Å². The number of rotatable bonds is 4. The molecule has 0 aliphatic carbocycles. The third kappa shape index (κ3) is 3.53. The third-order valence-electron chi connectivity index (χ3n) is 6.83. The Labute approximate surface area is 197 Å². The zero-order valence-electron chi connectivity index (χ0n) is 18.0. The van der Waals surface area contributed by atoms with Crippen LogP contribution < -0.4 is 5.32 Å². The fraction of sp³-hybridized carbons (Fsp3) is 0.222. The lowest BCUT2D eigenvalue weighted by molar-refractivity contribution is 0.0710. The van der Waals surface area contributed by atoms with Crippen LogP contribution >= 0.6 is 11.6 Å². The molecule has 1 fully saturated rings. The lowest BCUT2D eigenvalue weighted by Crippen LogP contribution is -2.40. The Kier molecular flexibility index (Phi) is 4.99. The van der Waals surface area contributed by atoms with E-state index < -0.39 is 0 Å². The molecule has 1 aromatic heterocycles. The number of para-hydroxylation sites is 1. The van der Waals surface area contributed by atoms with Gasteiger partial charge in [-0.2, -0.15) is 0 Å². The van der Waals surface area contributed by atoms with Gasteiger partial charge >= 0.3 is 6.09 Å². The first-order valence-electron chi connectivity index (χ1n) is 11.3. The number of carbonyl (C=O) groups excluding carboxylic acids is 1. The number of nitrogens with one attached hydrogen (secondary N) is 1. The first-order chi connectivity index (χ1) is 16.2. The van der Waals surface area contributed by atoms with Crippen LogP contribution in [0.5, 0.6) is 0 Å². The summed E-state index contributed by atoms with van der Waals surface area (Å²) in [5.41, 5.74) is 4.44. The van der Waals surface area contributed by atoms with Crippen molar-refractivity contribution in [2.75, 3.05) is 11.9 Å². The van der Waals surface area contributed by atoms with Crippen LogP contribution in [0.3, 0.4) is 0 Å². The van der Waals surface area contributed by atoms with E-state index in [1.54, 1.807) is 0 Å². The van der Waals surface area contributed by atoms with Crippen LogP contribution in [0.1, 0.15) is 29.8 Å². The zero-order valence-corrected chi connectivity index (χ0v) is 18.8. The smallest absolute Gasteiger partial charge is 0.411 e. The summed E-state index contributed by atoms with van der Waals surface area (Å²) >= 11 is 6.10. The van der Waals surface area contributed by atoms with Gasteiger partial charge in [0.2, 0.25) is 0 Å². The molecule has 33 heavy (non-hydrogen) atoms. The molecule has 0 spiro atoms. The monoisotopic (exact) mass is 457 g/mol. The van der Waals surface area contributed by atoms with Crippen molar-refractivity contribution in [2.45, 2.75) is 25.2 Å². The Hall–Kier alpha value is -3.44. The Morgan fingerprint density at radius 1 is 1.00 bits per heavy atom. The second kappa shape index (κ2) is 8.16. The molecule has 1 amide bonds. The Morgan fingerprint density at radius 3 is 2.64 bits per heavy atom. The van der Waals surface area contributed by atoms with Crippen molar-refractivity contribution < 1.29 is 9.53 Å². The molecule has 1 saturated heterocycles. The maximum absolute atomic E-state index is 13.2. The van der Waals surface area contributed by atoms with Crippen LogP contribution in [0.15, 0.2) is 85.1 Å². The van der Waals surface area contributed by atoms with E-state index in [2.05, 4.69) is 40.3 Å². The number of fused-ring (bicyclic) bond motifs is 2. The Morgan fingerprint density at radius 2 is 1.82 bits per heavy atom. The van der Waals surface area contributed by atoms with E-state index in [1.165, 1.54) is 16.5 Å². The lowest BCUT2D eigenvalue weighted by Gasteiger charge is -2.39.